The molecule has 22 heavy (non-hydrogen) atoms. The van der Waals surface area contributed by atoms with Gasteiger partial charge >= 0.3 is 17.9 Å². The highest BCUT2D eigenvalue weighted by Gasteiger charge is 2.00. The second kappa shape index (κ2) is 19.3. The average molecular weight is 326 g/mol. The molecule has 0 aliphatic heterocycles. The Morgan fingerprint density at radius 1 is 0.773 bits per heavy atom. The quantitative estimate of drug-likeness (QED) is 0.317. The van der Waals surface area contributed by atoms with Crippen LogP contribution in [0.4, 0.5) is 0 Å². The van der Waals surface area contributed by atoms with E-state index < -0.39 is 24.0 Å². The van der Waals surface area contributed by atoms with Crippen molar-refractivity contribution in [1.82, 2.24) is 0 Å². The molecule has 0 rings (SSSR count). The molecule has 1 atom stereocenters. The van der Waals surface area contributed by atoms with Gasteiger partial charge in [-0.15, -0.1) is 0 Å². The van der Waals surface area contributed by atoms with E-state index in [1.54, 1.807) is 0 Å². The van der Waals surface area contributed by atoms with Gasteiger partial charge in [0.2, 0.25) is 0 Å². The average Bonchev–Trinajstić information content (AvgIpc) is 2.36. The number of carboxylic acid groups (broad SMARTS) is 3. The summed E-state index contributed by atoms with van der Waals surface area (Å²) in [6.07, 6.45) is 0.863. The number of hydrogen-bond acceptors (Lipinski definition) is 6. The van der Waals surface area contributed by atoms with Crippen LogP contribution in [0.25, 0.3) is 0 Å². The first-order valence-electron chi connectivity index (χ1n) is 6.72. The molecule has 0 radical (unpaired) electrons. The normalized spacial score (nSPS) is 10.4. The molecule has 6 N–H and O–H groups in total. The molecule has 0 aromatic carbocycles. The molecule has 0 saturated carbocycles. The topological polar surface area (TPSA) is 173 Å². The predicted octanol–water partition coefficient (Wildman–Crippen LogP) is -0.0810. The Morgan fingerprint density at radius 2 is 1.18 bits per heavy atom. The molecule has 9 heteroatoms. The number of carboxylic acids is 3. The van der Waals surface area contributed by atoms with Crippen LogP contribution in [0, 0.1) is 0 Å². The second-order valence-electron chi connectivity index (χ2n) is 4.24. The van der Waals surface area contributed by atoms with Crippen molar-refractivity contribution < 1.29 is 45.0 Å². The Morgan fingerprint density at radius 3 is 1.36 bits per heavy atom. The fourth-order valence-corrected chi connectivity index (χ4v) is 0.871. The van der Waals surface area contributed by atoms with Crippen LogP contribution in [-0.2, 0) is 14.4 Å². The second-order valence-corrected chi connectivity index (χ2v) is 4.24. The molecule has 0 aliphatic carbocycles. The number of rotatable bonds is 9. The van der Waals surface area contributed by atoms with E-state index in [1.165, 1.54) is 6.92 Å². The Labute approximate surface area is 128 Å². The standard InChI is InChI=1S/C5H10O3.2C4H8O3/c6-4-2-1-3-5(7)8;1-3(5)2-4(6)7;5-3-1-2-4(6)7/h6H,1-4H2,(H,7,8);3,5H,2H2,1H3,(H,6,7);5H,1-3H2,(H,6,7). The van der Waals surface area contributed by atoms with Crippen LogP contribution < -0.4 is 0 Å². The number of hydrogen-bond donors (Lipinski definition) is 6. The number of unbranched alkanes of at least 4 members (excludes halogenated alkanes) is 1. The zero-order chi connectivity index (χ0) is 18.0. The fourth-order valence-electron chi connectivity index (χ4n) is 0.871. The lowest BCUT2D eigenvalue weighted by Crippen LogP contribution is -2.07. The Balaban J connectivity index is -0.000000247. The van der Waals surface area contributed by atoms with E-state index in [0.29, 0.717) is 19.3 Å². The van der Waals surface area contributed by atoms with Crippen molar-refractivity contribution in [2.24, 2.45) is 0 Å². The maximum atomic E-state index is 9.79. The minimum absolute atomic E-state index is 0.0354. The van der Waals surface area contributed by atoms with Gasteiger partial charge in [0.25, 0.3) is 0 Å². The van der Waals surface area contributed by atoms with E-state index in [2.05, 4.69) is 0 Å². The lowest BCUT2D eigenvalue weighted by atomic mass is 10.2. The molecule has 0 spiro atoms. The number of aliphatic carboxylic acids is 3. The van der Waals surface area contributed by atoms with Crippen molar-refractivity contribution in [2.75, 3.05) is 13.2 Å². The SMILES string of the molecule is CC(O)CC(=O)O.O=C(O)CCCCO.O=C(O)CCCO. The molecule has 0 heterocycles. The molecule has 0 aliphatic rings. The maximum Gasteiger partial charge on any atom is 0.305 e. The van der Waals surface area contributed by atoms with Gasteiger partial charge in [0.1, 0.15) is 0 Å². The molecule has 0 saturated heterocycles. The lowest BCUT2D eigenvalue weighted by Gasteiger charge is -1.94. The van der Waals surface area contributed by atoms with Crippen molar-refractivity contribution in [3.8, 4) is 0 Å². The van der Waals surface area contributed by atoms with Crippen LogP contribution in [0.15, 0.2) is 0 Å². The number of carbonyl (C=O) groups is 3. The molecule has 0 aromatic rings. The first-order chi connectivity index (χ1) is 10.2. The molecular formula is C13H26O9. The van der Waals surface area contributed by atoms with E-state index in [4.69, 9.17) is 30.6 Å². The molecule has 9 nitrogen and oxygen atoms in total. The third-order valence-electron chi connectivity index (χ3n) is 1.82. The highest BCUT2D eigenvalue weighted by molar-refractivity contribution is 5.67. The van der Waals surface area contributed by atoms with E-state index in [9.17, 15) is 14.4 Å². The van der Waals surface area contributed by atoms with Gasteiger partial charge in [0, 0.05) is 26.1 Å². The van der Waals surface area contributed by atoms with Crippen molar-refractivity contribution in [2.45, 2.75) is 51.6 Å². The van der Waals surface area contributed by atoms with E-state index in [0.717, 1.165) is 0 Å². The molecule has 132 valence electrons. The van der Waals surface area contributed by atoms with Crippen LogP contribution in [0.5, 0.6) is 0 Å². The van der Waals surface area contributed by atoms with Crippen molar-refractivity contribution >= 4 is 17.9 Å². The highest BCUT2D eigenvalue weighted by atomic mass is 16.4. The summed E-state index contributed by atoms with van der Waals surface area (Å²) in [5.74, 6) is -2.61. The molecule has 0 bridgehead atoms. The summed E-state index contributed by atoms with van der Waals surface area (Å²) >= 11 is 0. The first kappa shape index (κ1) is 25.3. The zero-order valence-electron chi connectivity index (χ0n) is 12.6. The Kier molecular flexibility index (Phi) is 22.1. The summed E-state index contributed by atoms with van der Waals surface area (Å²) in [6.45, 7) is 1.49. The summed E-state index contributed by atoms with van der Waals surface area (Å²) in [5, 5.41) is 48.5. The summed E-state index contributed by atoms with van der Waals surface area (Å²) in [6, 6.07) is 0. The van der Waals surface area contributed by atoms with Crippen LogP contribution in [0.3, 0.4) is 0 Å². The highest BCUT2D eigenvalue weighted by Crippen LogP contribution is 1.92. The predicted molar refractivity (Wildman–Crippen MR) is 76.5 cm³/mol. The van der Waals surface area contributed by atoms with Crippen molar-refractivity contribution in [3.63, 3.8) is 0 Å². The molecule has 0 amide bonds. The third-order valence-corrected chi connectivity index (χ3v) is 1.82. The minimum Gasteiger partial charge on any atom is -0.481 e. The van der Waals surface area contributed by atoms with E-state index in [-0.39, 0.29) is 32.5 Å². The molecule has 0 aromatic heterocycles. The van der Waals surface area contributed by atoms with Gasteiger partial charge in [-0.25, -0.2) is 0 Å². The van der Waals surface area contributed by atoms with E-state index >= 15 is 0 Å². The monoisotopic (exact) mass is 326 g/mol. The molecule has 0 fully saturated rings. The van der Waals surface area contributed by atoms with Gasteiger partial charge in [-0.1, -0.05) is 0 Å². The minimum atomic E-state index is -0.963. The van der Waals surface area contributed by atoms with Gasteiger partial charge < -0.3 is 30.6 Å². The lowest BCUT2D eigenvalue weighted by molar-refractivity contribution is -0.139. The summed E-state index contributed by atoms with van der Waals surface area (Å²) in [7, 11) is 0. The number of aliphatic hydroxyl groups excluding tert-OH is 3. The van der Waals surface area contributed by atoms with Gasteiger partial charge in [0.05, 0.1) is 12.5 Å². The van der Waals surface area contributed by atoms with Gasteiger partial charge in [0.15, 0.2) is 0 Å². The first-order valence-corrected chi connectivity index (χ1v) is 6.72. The summed E-state index contributed by atoms with van der Waals surface area (Å²) in [5.41, 5.74) is 0. The van der Waals surface area contributed by atoms with Crippen LogP contribution in [0.2, 0.25) is 0 Å². The Bertz CT molecular complexity index is 289. The van der Waals surface area contributed by atoms with Gasteiger partial charge in [-0.05, 0) is 26.2 Å². The maximum absolute atomic E-state index is 9.79. The smallest absolute Gasteiger partial charge is 0.305 e. The Hall–Kier alpha value is -1.71. The summed E-state index contributed by atoms with van der Waals surface area (Å²) < 4.78 is 0. The van der Waals surface area contributed by atoms with Gasteiger partial charge in [-0.2, -0.15) is 0 Å². The van der Waals surface area contributed by atoms with Crippen LogP contribution in [-0.4, -0.2) is 67.9 Å². The number of aliphatic hydroxyl groups is 3. The molecule has 1 unspecified atom stereocenters. The van der Waals surface area contributed by atoms with Gasteiger partial charge in [-0.3, -0.25) is 14.4 Å². The van der Waals surface area contributed by atoms with Crippen LogP contribution in [0.1, 0.15) is 45.4 Å². The van der Waals surface area contributed by atoms with Crippen molar-refractivity contribution in [3.05, 3.63) is 0 Å². The van der Waals surface area contributed by atoms with Crippen molar-refractivity contribution in [1.29, 1.82) is 0 Å². The summed E-state index contributed by atoms with van der Waals surface area (Å²) in [4.78, 5) is 29.1. The zero-order valence-corrected chi connectivity index (χ0v) is 12.6. The van der Waals surface area contributed by atoms with Crippen LogP contribution >= 0.6 is 0 Å². The van der Waals surface area contributed by atoms with E-state index in [1.807, 2.05) is 0 Å². The molecular weight excluding hydrogens is 300 g/mol. The largest absolute Gasteiger partial charge is 0.481 e. The third kappa shape index (κ3) is 42.9. The fraction of sp³-hybridized carbons (Fsp3) is 0.769.